The Morgan fingerprint density at radius 3 is 2.20 bits per heavy atom. The van der Waals surface area contributed by atoms with E-state index in [2.05, 4.69) is 15.5 Å². The third kappa shape index (κ3) is 3.81. The fourth-order valence-electron chi connectivity index (χ4n) is 4.30. The summed E-state index contributed by atoms with van der Waals surface area (Å²) in [4.78, 5) is 12.9. The topological polar surface area (TPSA) is 72.2 Å². The Morgan fingerprint density at radius 2 is 1.40 bits per heavy atom. The molecule has 1 amide bonds. The monoisotopic (exact) mass is 455 g/mol. The molecule has 168 valence electrons. The second kappa shape index (κ2) is 8.50. The number of hydrogen-bond acceptors (Lipinski definition) is 4. The number of amides is 1. The molecule has 0 atom stereocenters. The lowest BCUT2D eigenvalue weighted by atomic mass is 10.0. The standard InChI is InChI=1S/C29H21N5O/c1-19-25-12-5-6-13-26(25)28-32-31-27(34(28)33-19)23-10-7-11-24(18-23)30-29(35)22-16-14-21(15-17-22)20-8-3-2-4-9-20/h2-18H,1H3,(H,30,35). The number of benzene rings is 4. The number of fused-ring (bicyclic) bond motifs is 3. The molecule has 0 unspecified atom stereocenters. The number of rotatable bonds is 4. The molecular weight excluding hydrogens is 434 g/mol. The first-order chi connectivity index (χ1) is 17.2. The summed E-state index contributed by atoms with van der Waals surface area (Å²) in [5.41, 5.74) is 5.87. The molecule has 0 bridgehead atoms. The highest BCUT2D eigenvalue weighted by Crippen LogP contribution is 2.26. The van der Waals surface area contributed by atoms with Crippen LogP contribution < -0.4 is 5.32 Å². The Kier molecular flexibility index (Phi) is 5.04. The zero-order valence-electron chi connectivity index (χ0n) is 19.0. The molecule has 0 spiro atoms. The molecule has 0 aliphatic rings. The zero-order chi connectivity index (χ0) is 23.8. The summed E-state index contributed by atoms with van der Waals surface area (Å²) in [6.45, 7) is 1.98. The van der Waals surface area contributed by atoms with E-state index in [4.69, 9.17) is 5.10 Å². The lowest BCUT2D eigenvalue weighted by Crippen LogP contribution is -2.11. The number of aromatic nitrogens is 4. The molecule has 2 aromatic heterocycles. The molecule has 2 heterocycles. The molecule has 0 aliphatic carbocycles. The normalized spacial score (nSPS) is 11.1. The smallest absolute Gasteiger partial charge is 0.255 e. The minimum absolute atomic E-state index is 0.173. The molecule has 0 radical (unpaired) electrons. The fourth-order valence-corrected chi connectivity index (χ4v) is 4.30. The van der Waals surface area contributed by atoms with Gasteiger partial charge < -0.3 is 5.32 Å². The van der Waals surface area contributed by atoms with Crippen LogP contribution in [0.5, 0.6) is 0 Å². The van der Waals surface area contributed by atoms with Gasteiger partial charge in [0.25, 0.3) is 5.91 Å². The molecule has 0 aliphatic heterocycles. The molecule has 6 rings (SSSR count). The number of carbonyl (C=O) groups excluding carboxylic acids is 1. The van der Waals surface area contributed by atoms with Crippen molar-refractivity contribution in [2.24, 2.45) is 0 Å². The van der Waals surface area contributed by atoms with Crippen LogP contribution in [0.3, 0.4) is 0 Å². The Balaban J connectivity index is 1.29. The van der Waals surface area contributed by atoms with Crippen LogP contribution in [0.25, 0.3) is 38.9 Å². The molecule has 0 fully saturated rings. The number of carbonyl (C=O) groups is 1. The minimum atomic E-state index is -0.173. The molecule has 6 nitrogen and oxygen atoms in total. The number of nitrogens with zero attached hydrogens (tertiary/aromatic N) is 4. The maximum absolute atomic E-state index is 12.9. The van der Waals surface area contributed by atoms with Crippen LogP contribution in [0, 0.1) is 6.92 Å². The van der Waals surface area contributed by atoms with Crippen molar-refractivity contribution < 1.29 is 4.79 Å². The molecule has 6 aromatic rings. The van der Waals surface area contributed by atoms with E-state index in [0.29, 0.717) is 22.7 Å². The number of hydrogen-bond donors (Lipinski definition) is 1. The van der Waals surface area contributed by atoms with Crippen LogP contribution in [0.4, 0.5) is 5.69 Å². The number of nitrogens with one attached hydrogen (secondary N) is 1. The fraction of sp³-hybridized carbons (Fsp3) is 0.0345. The van der Waals surface area contributed by atoms with E-state index >= 15 is 0 Å². The SMILES string of the molecule is Cc1nn2c(-c3cccc(NC(=O)c4ccc(-c5ccccc5)cc4)c3)nnc2c2ccccc12. The van der Waals surface area contributed by atoms with Crippen LogP contribution >= 0.6 is 0 Å². The molecule has 0 saturated carbocycles. The number of anilines is 1. The van der Waals surface area contributed by atoms with Gasteiger partial charge >= 0.3 is 0 Å². The highest BCUT2D eigenvalue weighted by Gasteiger charge is 2.15. The van der Waals surface area contributed by atoms with E-state index in [9.17, 15) is 4.79 Å². The predicted molar refractivity (Wildman–Crippen MR) is 138 cm³/mol. The van der Waals surface area contributed by atoms with Crippen molar-refractivity contribution in [1.29, 1.82) is 0 Å². The third-order valence-corrected chi connectivity index (χ3v) is 6.08. The van der Waals surface area contributed by atoms with Gasteiger partial charge in [-0.1, -0.05) is 78.9 Å². The van der Waals surface area contributed by atoms with E-state index in [-0.39, 0.29) is 5.91 Å². The van der Waals surface area contributed by atoms with Crippen molar-refractivity contribution >= 4 is 28.0 Å². The zero-order valence-corrected chi connectivity index (χ0v) is 19.0. The molecule has 6 heteroatoms. The van der Waals surface area contributed by atoms with Gasteiger partial charge in [-0.25, -0.2) is 0 Å². The Labute approximate surface area is 201 Å². The molecule has 35 heavy (non-hydrogen) atoms. The van der Waals surface area contributed by atoms with Gasteiger partial charge in [0.1, 0.15) is 0 Å². The van der Waals surface area contributed by atoms with Crippen LogP contribution in [0.1, 0.15) is 16.1 Å². The summed E-state index contributed by atoms with van der Waals surface area (Å²) in [5.74, 6) is 0.449. The molecule has 4 aromatic carbocycles. The summed E-state index contributed by atoms with van der Waals surface area (Å²) in [5, 5.41) is 18.6. The third-order valence-electron chi connectivity index (χ3n) is 6.08. The van der Waals surface area contributed by atoms with E-state index in [1.165, 1.54) is 0 Å². The van der Waals surface area contributed by atoms with Crippen molar-refractivity contribution in [3.05, 3.63) is 114 Å². The van der Waals surface area contributed by atoms with Gasteiger partial charge in [0.2, 0.25) is 0 Å². The van der Waals surface area contributed by atoms with Gasteiger partial charge in [-0.3, -0.25) is 4.79 Å². The average molecular weight is 456 g/mol. The quantitative estimate of drug-likeness (QED) is 0.345. The van der Waals surface area contributed by atoms with Crippen LogP contribution in [0.2, 0.25) is 0 Å². The second-order valence-electron chi connectivity index (χ2n) is 8.37. The summed E-state index contributed by atoms with van der Waals surface area (Å²) in [6.07, 6.45) is 0. The highest BCUT2D eigenvalue weighted by atomic mass is 16.1. The van der Waals surface area contributed by atoms with Gasteiger partial charge in [0.05, 0.1) is 5.69 Å². The first-order valence-electron chi connectivity index (χ1n) is 11.4. The first kappa shape index (κ1) is 20.7. The van der Waals surface area contributed by atoms with Crippen molar-refractivity contribution in [2.45, 2.75) is 6.92 Å². The van der Waals surface area contributed by atoms with Crippen molar-refractivity contribution in [2.75, 3.05) is 5.32 Å². The molecule has 1 N–H and O–H groups in total. The summed E-state index contributed by atoms with van der Waals surface area (Å²) in [6, 6.07) is 33.3. The van der Waals surface area contributed by atoms with Gasteiger partial charge in [-0.05, 0) is 42.3 Å². The highest BCUT2D eigenvalue weighted by molar-refractivity contribution is 6.04. The van der Waals surface area contributed by atoms with E-state index < -0.39 is 0 Å². The van der Waals surface area contributed by atoms with Crippen molar-refractivity contribution in [3.8, 4) is 22.5 Å². The maximum Gasteiger partial charge on any atom is 0.255 e. The Bertz CT molecular complexity index is 1690. The van der Waals surface area contributed by atoms with Gasteiger partial charge in [0.15, 0.2) is 11.5 Å². The van der Waals surface area contributed by atoms with Gasteiger partial charge in [-0.2, -0.15) is 9.61 Å². The summed E-state index contributed by atoms with van der Waals surface area (Å²) < 4.78 is 1.76. The summed E-state index contributed by atoms with van der Waals surface area (Å²) >= 11 is 0. The van der Waals surface area contributed by atoms with Crippen molar-refractivity contribution in [3.63, 3.8) is 0 Å². The van der Waals surface area contributed by atoms with Gasteiger partial charge in [0, 0.05) is 27.6 Å². The maximum atomic E-state index is 12.9. The summed E-state index contributed by atoms with van der Waals surface area (Å²) in [7, 11) is 0. The second-order valence-corrected chi connectivity index (χ2v) is 8.37. The molecule has 0 saturated heterocycles. The first-order valence-corrected chi connectivity index (χ1v) is 11.4. The van der Waals surface area contributed by atoms with Crippen LogP contribution in [-0.2, 0) is 0 Å². The number of aryl methyl sites for hydroxylation is 1. The lowest BCUT2D eigenvalue weighted by Gasteiger charge is -2.09. The largest absolute Gasteiger partial charge is 0.322 e. The predicted octanol–water partition coefficient (Wildman–Crippen LogP) is 6.17. The van der Waals surface area contributed by atoms with Crippen molar-refractivity contribution in [1.82, 2.24) is 19.8 Å². The van der Waals surface area contributed by atoms with E-state index in [1.54, 1.807) is 4.52 Å². The Morgan fingerprint density at radius 1 is 0.714 bits per heavy atom. The van der Waals surface area contributed by atoms with Crippen LogP contribution in [0.15, 0.2) is 103 Å². The average Bonchev–Trinajstić information content (AvgIpc) is 3.34. The van der Waals surface area contributed by atoms with E-state index in [0.717, 1.165) is 33.2 Å². The van der Waals surface area contributed by atoms with Crippen LogP contribution in [-0.4, -0.2) is 25.7 Å². The Hall–Kier alpha value is -4.84. The van der Waals surface area contributed by atoms with Gasteiger partial charge in [-0.15, -0.1) is 10.2 Å². The lowest BCUT2D eigenvalue weighted by molar-refractivity contribution is 0.102. The van der Waals surface area contributed by atoms with E-state index in [1.807, 2.05) is 110 Å². The molecular formula is C29H21N5O. The minimum Gasteiger partial charge on any atom is -0.322 e.